The van der Waals surface area contributed by atoms with Gasteiger partial charge in [0, 0.05) is 10.7 Å². The molecule has 1 aromatic heterocycles. The van der Waals surface area contributed by atoms with Crippen molar-refractivity contribution in [2.24, 2.45) is 0 Å². The molecule has 0 spiro atoms. The molecule has 7 heteroatoms. The fourth-order valence-corrected chi connectivity index (χ4v) is 3.54. The van der Waals surface area contributed by atoms with Crippen LogP contribution in [0.4, 0.5) is 0 Å². The van der Waals surface area contributed by atoms with Gasteiger partial charge in [-0.3, -0.25) is 9.97 Å². The molecule has 112 valence electrons. The van der Waals surface area contributed by atoms with Gasteiger partial charge in [-0.05, 0) is 37.1 Å². The van der Waals surface area contributed by atoms with Gasteiger partial charge in [0.2, 0.25) is 10.0 Å². The molecule has 0 amide bonds. The topological polar surface area (TPSA) is 72.0 Å². The molecule has 1 heterocycles. The van der Waals surface area contributed by atoms with E-state index in [1.54, 1.807) is 24.5 Å². The first-order valence-electron chi connectivity index (χ1n) is 6.48. The smallest absolute Gasteiger partial charge is 0.241 e. The Morgan fingerprint density at radius 1 is 1.24 bits per heavy atom. The molecule has 0 aliphatic heterocycles. The van der Waals surface area contributed by atoms with Gasteiger partial charge in [0.15, 0.2) is 0 Å². The Bertz CT molecular complexity index is 730. The third-order valence-corrected chi connectivity index (χ3v) is 4.97. The van der Waals surface area contributed by atoms with E-state index in [1.165, 1.54) is 0 Å². The van der Waals surface area contributed by atoms with E-state index in [0.29, 0.717) is 17.0 Å². The summed E-state index contributed by atoms with van der Waals surface area (Å²) in [6, 6.07) is 5.14. The van der Waals surface area contributed by atoms with Crippen LogP contribution >= 0.6 is 15.9 Å². The number of sulfonamides is 1. The van der Waals surface area contributed by atoms with Gasteiger partial charge < -0.3 is 0 Å². The highest BCUT2D eigenvalue weighted by Crippen LogP contribution is 2.21. The number of hydrogen-bond acceptors (Lipinski definition) is 4. The fourth-order valence-electron chi connectivity index (χ4n) is 1.84. The number of hydrogen-bond donors (Lipinski definition) is 1. The summed E-state index contributed by atoms with van der Waals surface area (Å²) in [5.74, 6) is 0. The van der Waals surface area contributed by atoms with E-state index in [1.807, 2.05) is 19.9 Å². The van der Waals surface area contributed by atoms with Crippen molar-refractivity contribution in [1.29, 1.82) is 0 Å². The van der Waals surface area contributed by atoms with E-state index < -0.39 is 10.0 Å². The number of benzene rings is 1. The van der Waals surface area contributed by atoms with Crippen LogP contribution in [0.25, 0.3) is 0 Å². The quantitative estimate of drug-likeness (QED) is 0.878. The lowest BCUT2D eigenvalue weighted by Gasteiger charge is -2.10. The molecular formula is C14H16BrN3O2S. The molecule has 0 fully saturated rings. The Morgan fingerprint density at radius 2 is 2.00 bits per heavy atom. The van der Waals surface area contributed by atoms with Crippen LogP contribution in [0, 0.1) is 6.92 Å². The summed E-state index contributed by atoms with van der Waals surface area (Å²) >= 11 is 3.35. The average molecular weight is 370 g/mol. The van der Waals surface area contributed by atoms with Gasteiger partial charge in [-0.25, -0.2) is 13.1 Å². The van der Waals surface area contributed by atoms with Crippen molar-refractivity contribution in [3.05, 3.63) is 52.0 Å². The Kier molecular flexibility index (Phi) is 5.08. The highest BCUT2D eigenvalue weighted by atomic mass is 79.9. The summed E-state index contributed by atoms with van der Waals surface area (Å²) in [6.07, 6.45) is 3.82. The Balaban J connectivity index is 2.20. The van der Waals surface area contributed by atoms with Crippen molar-refractivity contribution in [3.8, 4) is 0 Å². The van der Waals surface area contributed by atoms with Crippen LogP contribution < -0.4 is 4.72 Å². The van der Waals surface area contributed by atoms with Crippen molar-refractivity contribution >= 4 is 26.0 Å². The summed E-state index contributed by atoms with van der Waals surface area (Å²) in [4.78, 5) is 8.53. The third kappa shape index (κ3) is 4.09. The van der Waals surface area contributed by atoms with E-state index in [2.05, 4.69) is 30.6 Å². The molecule has 21 heavy (non-hydrogen) atoms. The monoisotopic (exact) mass is 369 g/mol. The molecule has 0 bridgehead atoms. The van der Waals surface area contributed by atoms with E-state index >= 15 is 0 Å². The summed E-state index contributed by atoms with van der Waals surface area (Å²) in [5.41, 5.74) is 2.15. The predicted octanol–water partition coefficient (Wildman–Crippen LogP) is 2.59. The number of halogens is 1. The van der Waals surface area contributed by atoms with Crippen LogP contribution in [-0.2, 0) is 23.0 Å². The first-order valence-corrected chi connectivity index (χ1v) is 8.75. The Hall–Kier alpha value is -1.31. The number of aromatic nitrogens is 2. The van der Waals surface area contributed by atoms with E-state index in [0.717, 1.165) is 15.7 Å². The predicted molar refractivity (Wildman–Crippen MR) is 84.3 cm³/mol. The molecule has 5 nitrogen and oxygen atoms in total. The molecule has 2 rings (SSSR count). The highest BCUT2D eigenvalue weighted by Gasteiger charge is 2.17. The zero-order valence-corrected chi connectivity index (χ0v) is 14.2. The number of aryl methyl sites for hydroxylation is 2. The number of nitrogens with one attached hydrogen (secondary N) is 1. The summed E-state index contributed by atoms with van der Waals surface area (Å²) in [7, 11) is -3.57. The average Bonchev–Trinajstić information content (AvgIpc) is 2.46. The van der Waals surface area contributed by atoms with Crippen molar-refractivity contribution in [2.45, 2.75) is 31.7 Å². The van der Waals surface area contributed by atoms with Gasteiger partial charge in [-0.15, -0.1) is 0 Å². The van der Waals surface area contributed by atoms with Crippen molar-refractivity contribution in [3.63, 3.8) is 0 Å². The normalized spacial score (nSPS) is 11.6. The molecule has 0 saturated heterocycles. The lowest BCUT2D eigenvalue weighted by molar-refractivity contribution is 0.579. The summed E-state index contributed by atoms with van der Waals surface area (Å²) < 4.78 is 28.2. The van der Waals surface area contributed by atoms with Crippen molar-refractivity contribution in [2.75, 3.05) is 0 Å². The molecule has 0 aliphatic carbocycles. The molecule has 0 saturated carbocycles. The largest absolute Gasteiger partial charge is 0.258 e. The van der Waals surface area contributed by atoms with Crippen LogP contribution in [-0.4, -0.2) is 18.4 Å². The second kappa shape index (κ2) is 6.64. The van der Waals surface area contributed by atoms with Gasteiger partial charge in [-0.2, -0.15) is 0 Å². The molecule has 0 aliphatic rings. The van der Waals surface area contributed by atoms with Gasteiger partial charge in [0.1, 0.15) is 0 Å². The van der Waals surface area contributed by atoms with E-state index in [-0.39, 0.29) is 6.54 Å². The standard InChI is InChI=1S/C14H16BrN3O2S/c1-3-11-6-12(15)4-5-14(11)21(19,20)18-9-13-8-16-10(2)7-17-13/h4-8,18H,3,9H2,1-2H3. The first kappa shape index (κ1) is 16.1. The van der Waals surface area contributed by atoms with Crippen molar-refractivity contribution in [1.82, 2.24) is 14.7 Å². The minimum atomic E-state index is -3.57. The fraction of sp³-hybridized carbons (Fsp3) is 0.286. The number of rotatable bonds is 5. The Morgan fingerprint density at radius 3 is 2.62 bits per heavy atom. The minimum Gasteiger partial charge on any atom is -0.258 e. The summed E-state index contributed by atoms with van der Waals surface area (Å²) in [6.45, 7) is 3.87. The summed E-state index contributed by atoms with van der Waals surface area (Å²) in [5, 5.41) is 0. The zero-order chi connectivity index (χ0) is 15.5. The molecule has 1 aromatic carbocycles. The lowest BCUT2D eigenvalue weighted by Crippen LogP contribution is -2.24. The van der Waals surface area contributed by atoms with Crippen LogP contribution in [0.3, 0.4) is 0 Å². The maximum absolute atomic E-state index is 12.4. The van der Waals surface area contributed by atoms with Crippen LogP contribution in [0.1, 0.15) is 23.9 Å². The second-order valence-corrected chi connectivity index (χ2v) is 7.23. The first-order chi connectivity index (χ1) is 9.92. The third-order valence-electron chi connectivity index (χ3n) is 2.97. The molecule has 0 atom stereocenters. The number of nitrogens with zero attached hydrogens (tertiary/aromatic N) is 2. The minimum absolute atomic E-state index is 0.120. The maximum Gasteiger partial charge on any atom is 0.241 e. The molecule has 0 radical (unpaired) electrons. The van der Waals surface area contributed by atoms with Gasteiger partial charge >= 0.3 is 0 Å². The highest BCUT2D eigenvalue weighted by molar-refractivity contribution is 9.10. The van der Waals surface area contributed by atoms with Gasteiger partial charge in [0.05, 0.1) is 29.0 Å². The lowest BCUT2D eigenvalue weighted by atomic mass is 10.2. The molecule has 0 unspecified atom stereocenters. The molecular weight excluding hydrogens is 354 g/mol. The van der Waals surface area contributed by atoms with E-state index in [4.69, 9.17) is 0 Å². The second-order valence-electron chi connectivity index (χ2n) is 4.58. The maximum atomic E-state index is 12.4. The van der Waals surface area contributed by atoms with Crippen LogP contribution in [0.2, 0.25) is 0 Å². The van der Waals surface area contributed by atoms with Crippen LogP contribution in [0.15, 0.2) is 40.0 Å². The van der Waals surface area contributed by atoms with Crippen molar-refractivity contribution < 1.29 is 8.42 Å². The molecule has 1 N–H and O–H groups in total. The van der Waals surface area contributed by atoms with Gasteiger partial charge in [-0.1, -0.05) is 22.9 Å². The molecule has 2 aromatic rings. The Labute approximate surface area is 133 Å². The van der Waals surface area contributed by atoms with Crippen LogP contribution in [0.5, 0.6) is 0 Å². The van der Waals surface area contributed by atoms with E-state index in [9.17, 15) is 8.42 Å². The SMILES string of the molecule is CCc1cc(Br)ccc1S(=O)(=O)NCc1cnc(C)cn1. The van der Waals surface area contributed by atoms with Gasteiger partial charge in [0.25, 0.3) is 0 Å². The zero-order valence-electron chi connectivity index (χ0n) is 11.8.